The first-order chi connectivity index (χ1) is 12.9. The third kappa shape index (κ3) is 5.55. The van der Waals surface area contributed by atoms with Gasteiger partial charge in [-0.05, 0) is 36.8 Å². The van der Waals surface area contributed by atoms with Crippen molar-refractivity contribution in [2.24, 2.45) is 0 Å². The van der Waals surface area contributed by atoms with Crippen LogP contribution in [0.25, 0.3) is 0 Å². The number of carbonyl (C=O) groups is 2. The summed E-state index contributed by atoms with van der Waals surface area (Å²) in [5, 5.41) is 2.57. The molecule has 1 saturated heterocycles. The number of carbonyl (C=O) groups excluding carboxylic acids is 2. The van der Waals surface area contributed by atoms with Crippen molar-refractivity contribution in [3.63, 3.8) is 0 Å². The summed E-state index contributed by atoms with van der Waals surface area (Å²) < 4.78 is 33.4. The number of para-hydroxylation sites is 1. The van der Waals surface area contributed by atoms with Gasteiger partial charge in [-0.2, -0.15) is 0 Å². The van der Waals surface area contributed by atoms with Gasteiger partial charge in [0.15, 0.2) is 16.4 Å². The maximum absolute atomic E-state index is 12.1. The van der Waals surface area contributed by atoms with Crippen LogP contribution < -0.4 is 10.1 Å². The fourth-order valence-corrected chi connectivity index (χ4v) is 4.38. The number of rotatable bonds is 6. The van der Waals surface area contributed by atoms with Gasteiger partial charge in [-0.3, -0.25) is 4.79 Å². The fourth-order valence-electron chi connectivity index (χ4n) is 2.70. The second kappa shape index (κ2) is 8.22. The van der Waals surface area contributed by atoms with Crippen LogP contribution >= 0.6 is 0 Å². The Morgan fingerprint density at radius 1 is 1.04 bits per heavy atom. The Bertz CT molecular complexity index is 926. The first kappa shape index (κ1) is 18.9. The summed E-state index contributed by atoms with van der Waals surface area (Å²) in [4.78, 5) is 24.0. The van der Waals surface area contributed by atoms with Crippen LogP contribution in [0.4, 0.5) is 0 Å². The molecule has 1 aliphatic rings. The third-order valence-corrected chi connectivity index (χ3v) is 5.75. The van der Waals surface area contributed by atoms with Crippen molar-refractivity contribution in [1.29, 1.82) is 0 Å². The van der Waals surface area contributed by atoms with Gasteiger partial charge in [0.2, 0.25) is 0 Å². The average Bonchev–Trinajstić information content (AvgIpc) is 2.99. The first-order valence-electron chi connectivity index (χ1n) is 8.41. The molecule has 0 saturated carbocycles. The van der Waals surface area contributed by atoms with Crippen molar-refractivity contribution in [3.8, 4) is 11.5 Å². The first-order valence-corrected chi connectivity index (χ1v) is 10.2. The summed E-state index contributed by atoms with van der Waals surface area (Å²) in [7, 11) is -3.08. The highest BCUT2D eigenvalue weighted by molar-refractivity contribution is 7.91. The molecule has 1 aliphatic heterocycles. The predicted octanol–water partition coefficient (Wildman–Crippen LogP) is 1.94. The van der Waals surface area contributed by atoms with Gasteiger partial charge in [0.05, 0.1) is 17.1 Å². The van der Waals surface area contributed by atoms with Crippen molar-refractivity contribution < 1.29 is 27.5 Å². The molecular weight excluding hydrogens is 370 g/mol. The third-order valence-electron chi connectivity index (χ3n) is 3.98. The summed E-state index contributed by atoms with van der Waals surface area (Å²) in [6, 6.07) is 15.1. The van der Waals surface area contributed by atoms with E-state index in [9.17, 15) is 18.0 Å². The highest BCUT2D eigenvalue weighted by Gasteiger charge is 2.29. The van der Waals surface area contributed by atoms with Gasteiger partial charge in [0.25, 0.3) is 5.91 Å². The quantitative estimate of drug-likeness (QED) is 0.758. The zero-order valence-electron chi connectivity index (χ0n) is 14.5. The number of amides is 1. The van der Waals surface area contributed by atoms with Crippen molar-refractivity contribution in [3.05, 3.63) is 60.2 Å². The molecule has 0 radical (unpaired) electrons. The van der Waals surface area contributed by atoms with Crippen LogP contribution in [0.1, 0.15) is 16.8 Å². The topological polar surface area (TPSA) is 98.8 Å². The number of nitrogens with one attached hydrogen (secondary N) is 1. The van der Waals surface area contributed by atoms with Crippen LogP contribution in [0.15, 0.2) is 54.6 Å². The summed E-state index contributed by atoms with van der Waals surface area (Å²) >= 11 is 0. The van der Waals surface area contributed by atoms with Gasteiger partial charge in [-0.15, -0.1) is 0 Å². The van der Waals surface area contributed by atoms with E-state index in [1.54, 1.807) is 30.3 Å². The van der Waals surface area contributed by atoms with Crippen LogP contribution in [-0.2, 0) is 19.4 Å². The molecule has 27 heavy (non-hydrogen) atoms. The Balaban J connectivity index is 1.52. The Hall–Kier alpha value is -2.87. The minimum atomic E-state index is -3.08. The van der Waals surface area contributed by atoms with Gasteiger partial charge >= 0.3 is 5.97 Å². The molecule has 1 N–H and O–H groups in total. The highest BCUT2D eigenvalue weighted by atomic mass is 32.2. The number of sulfone groups is 1. The molecule has 7 nitrogen and oxygen atoms in total. The molecule has 2 aromatic carbocycles. The van der Waals surface area contributed by atoms with E-state index in [4.69, 9.17) is 9.47 Å². The SMILES string of the molecule is O=C(COC(=O)c1cccc(Oc2ccccc2)c1)N[C@H]1CCS(=O)(=O)C1. The lowest BCUT2D eigenvalue weighted by molar-refractivity contribution is -0.124. The van der Waals surface area contributed by atoms with Crippen molar-refractivity contribution in [1.82, 2.24) is 5.32 Å². The van der Waals surface area contributed by atoms with Gasteiger partial charge in [0, 0.05) is 6.04 Å². The Labute approximate surface area is 157 Å². The lowest BCUT2D eigenvalue weighted by Crippen LogP contribution is -2.38. The molecule has 3 rings (SSSR count). The maximum atomic E-state index is 12.1. The number of esters is 1. The number of hydrogen-bond acceptors (Lipinski definition) is 6. The molecule has 142 valence electrons. The molecule has 0 unspecified atom stereocenters. The smallest absolute Gasteiger partial charge is 0.338 e. The Morgan fingerprint density at radius 3 is 2.48 bits per heavy atom. The van der Waals surface area contributed by atoms with Crippen LogP contribution in [0.2, 0.25) is 0 Å². The molecule has 0 spiro atoms. The van der Waals surface area contributed by atoms with E-state index in [-0.39, 0.29) is 17.1 Å². The normalized spacial score (nSPS) is 17.9. The fraction of sp³-hybridized carbons (Fsp3) is 0.263. The van der Waals surface area contributed by atoms with Crippen LogP contribution in [0.3, 0.4) is 0 Å². The van der Waals surface area contributed by atoms with E-state index in [0.717, 1.165) is 0 Å². The summed E-state index contributed by atoms with van der Waals surface area (Å²) in [6.07, 6.45) is 0.376. The van der Waals surface area contributed by atoms with Crippen molar-refractivity contribution >= 4 is 21.7 Å². The zero-order valence-corrected chi connectivity index (χ0v) is 15.3. The lowest BCUT2D eigenvalue weighted by atomic mass is 10.2. The van der Waals surface area contributed by atoms with Gasteiger partial charge in [-0.25, -0.2) is 13.2 Å². The molecule has 1 atom stereocenters. The monoisotopic (exact) mass is 389 g/mol. The van der Waals surface area contributed by atoms with E-state index >= 15 is 0 Å². The molecule has 1 amide bonds. The van der Waals surface area contributed by atoms with Gasteiger partial charge in [-0.1, -0.05) is 24.3 Å². The molecular formula is C19H19NO6S. The van der Waals surface area contributed by atoms with E-state index in [1.807, 2.05) is 18.2 Å². The largest absolute Gasteiger partial charge is 0.457 e. The second-order valence-electron chi connectivity index (χ2n) is 6.19. The number of hydrogen-bond donors (Lipinski definition) is 1. The molecule has 1 heterocycles. The van der Waals surface area contributed by atoms with Gasteiger partial charge in [0.1, 0.15) is 11.5 Å². The molecule has 0 bridgehead atoms. The number of ether oxygens (including phenoxy) is 2. The van der Waals surface area contributed by atoms with E-state index in [1.165, 1.54) is 6.07 Å². The van der Waals surface area contributed by atoms with Crippen LogP contribution in [0.5, 0.6) is 11.5 Å². The van der Waals surface area contributed by atoms with E-state index in [2.05, 4.69) is 5.32 Å². The summed E-state index contributed by atoms with van der Waals surface area (Å²) in [5.74, 6) is -0.104. The maximum Gasteiger partial charge on any atom is 0.338 e. The van der Waals surface area contributed by atoms with Gasteiger partial charge < -0.3 is 14.8 Å². The Morgan fingerprint density at radius 2 is 1.78 bits per heavy atom. The summed E-state index contributed by atoms with van der Waals surface area (Å²) in [6.45, 7) is -0.473. The van der Waals surface area contributed by atoms with E-state index in [0.29, 0.717) is 17.9 Å². The lowest BCUT2D eigenvalue weighted by Gasteiger charge is -2.11. The minimum absolute atomic E-state index is 0.0614. The van der Waals surface area contributed by atoms with Crippen LogP contribution in [0, 0.1) is 0 Å². The predicted molar refractivity (Wildman–Crippen MR) is 98.4 cm³/mol. The van der Waals surface area contributed by atoms with Crippen LogP contribution in [-0.4, -0.2) is 44.4 Å². The molecule has 8 heteroatoms. The molecule has 0 aliphatic carbocycles. The summed E-state index contributed by atoms with van der Waals surface area (Å²) in [5.41, 5.74) is 0.250. The molecule has 0 aromatic heterocycles. The molecule has 1 fully saturated rings. The number of benzene rings is 2. The molecule has 2 aromatic rings. The van der Waals surface area contributed by atoms with Crippen molar-refractivity contribution in [2.45, 2.75) is 12.5 Å². The average molecular weight is 389 g/mol. The zero-order chi connectivity index (χ0) is 19.3. The standard InChI is InChI=1S/C19H19NO6S/c21-18(20-15-9-10-27(23,24)13-15)12-25-19(22)14-5-4-8-17(11-14)26-16-6-2-1-3-7-16/h1-8,11,15H,9-10,12-13H2,(H,20,21)/t15-/m0/s1. The second-order valence-corrected chi connectivity index (χ2v) is 8.42. The van der Waals surface area contributed by atoms with Crippen molar-refractivity contribution in [2.75, 3.05) is 18.1 Å². The van der Waals surface area contributed by atoms with E-state index < -0.39 is 34.4 Å². The minimum Gasteiger partial charge on any atom is -0.457 e. The highest BCUT2D eigenvalue weighted by Crippen LogP contribution is 2.22. The Kier molecular flexibility index (Phi) is 5.75.